The Morgan fingerprint density at radius 2 is 2.00 bits per heavy atom. The van der Waals surface area contributed by atoms with E-state index < -0.39 is 0 Å². The Labute approximate surface area is 161 Å². The summed E-state index contributed by atoms with van der Waals surface area (Å²) in [5.41, 5.74) is 1.23. The first kappa shape index (κ1) is 19.5. The molecule has 0 radical (unpaired) electrons. The van der Waals surface area contributed by atoms with Gasteiger partial charge in [-0.05, 0) is 44.5 Å². The van der Waals surface area contributed by atoms with E-state index in [0.29, 0.717) is 18.1 Å². The van der Waals surface area contributed by atoms with E-state index in [9.17, 15) is 4.79 Å². The van der Waals surface area contributed by atoms with Crippen molar-refractivity contribution >= 4 is 17.5 Å². The van der Waals surface area contributed by atoms with E-state index in [2.05, 4.69) is 16.8 Å². The van der Waals surface area contributed by atoms with Crippen LogP contribution in [0, 0.1) is 6.92 Å². The van der Waals surface area contributed by atoms with Crippen molar-refractivity contribution in [3.05, 3.63) is 28.8 Å². The molecule has 0 N–H and O–H groups in total. The third kappa shape index (κ3) is 4.33. The topological polar surface area (TPSA) is 36.0 Å². The number of carbonyl (C=O) groups is 1. The highest BCUT2D eigenvalue weighted by molar-refractivity contribution is 6.32. The molecule has 0 aliphatic carbocycles. The fourth-order valence-electron chi connectivity index (χ4n) is 4.04. The molecule has 0 aromatic heterocycles. The Balaban J connectivity index is 1.57. The van der Waals surface area contributed by atoms with E-state index in [1.807, 2.05) is 37.1 Å². The second-order valence-electron chi connectivity index (χ2n) is 7.77. The minimum Gasteiger partial charge on any atom is -0.491 e. The van der Waals surface area contributed by atoms with E-state index >= 15 is 0 Å². The van der Waals surface area contributed by atoms with Crippen molar-refractivity contribution in [2.24, 2.45) is 0 Å². The predicted octanol–water partition coefficient (Wildman–Crippen LogP) is 2.66. The highest BCUT2D eigenvalue weighted by atomic mass is 35.5. The van der Waals surface area contributed by atoms with Crippen molar-refractivity contribution in [2.45, 2.75) is 31.7 Å². The first-order chi connectivity index (χ1) is 12.4. The Hall–Kier alpha value is -1.30. The highest BCUT2D eigenvalue weighted by Gasteiger charge is 2.41. The molecule has 2 saturated heterocycles. The van der Waals surface area contributed by atoms with Crippen molar-refractivity contribution in [3.8, 4) is 5.75 Å². The van der Waals surface area contributed by atoms with Gasteiger partial charge in [0.25, 0.3) is 0 Å². The second-order valence-corrected chi connectivity index (χ2v) is 8.18. The number of likely N-dealkylation sites (N-methyl/N-ethyl adjacent to an activating group) is 1. The van der Waals surface area contributed by atoms with Gasteiger partial charge in [-0.15, -0.1) is 0 Å². The number of benzene rings is 1. The minimum atomic E-state index is 0.0974. The molecule has 144 valence electrons. The third-order valence-corrected chi connectivity index (χ3v) is 6.27. The van der Waals surface area contributed by atoms with E-state index in [4.69, 9.17) is 16.3 Å². The summed E-state index contributed by atoms with van der Waals surface area (Å²) in [6.07, 6.45) is 2.62. The zero-order chi connectivity index (χ0) is 18.7. The van der Waals surface area contributed by atoms with Gasteiger partial charge in [0, 0.05) is 51.7 Å². The molecule has 0 bridgehead atoms. The van der Waals surface area contributed by atoms with E-state index in [-0.39, 0.29) is 11.4 Å². The average molecular weight is 380 g/mol. The monoisotopic (exact) mass is 379 g/mol. The van der Waals surface area contributed by atoms with Crippen molar-refractivity contribution in [1.29, 1.82) is 0 Å². The fraction of sp³-hybridized carbons (Fsp3) is 0.650. The third-order valence-electron chi connectivity index (χ3n) is 5.97. The number of rotatable bonds is 4. The lowest BCUT2D eigenvalue weighted by Crippen LogP contribution is -2.61. The summed E-state index contributed by atoms with van der Waals surface area (Å²) in [5, 5.41) is 0.671. The van der Waals surface area contributed by atoms with Crippen LogP contribution >= 0.6 is 11.6 Å². The molecule has 1 amide bonds. The van der Waals surface area contributed by atoms with Crippen LogP contribution in [-0.2, 0) is 4.79 Å². The number of hydrogen-bond acceptors (Lipinski definition) is 4. The maximum absolute atomic E-state index is 12.1. The van der Waals surface area contributed by atoms with E-state index in [1.54, 1.807) is 0 Å². The van der Waals surface area contributed by atoms with Crippen LogP contribution in [0.15, 0.2) is 18.2 Å². The second kappa shape index (κ2) is 8.15. The largest absolute Gasteiger partial charge is 0.491 e. The Morgan fingerprint density at radius 1 is 1.19 bits per heavy atom. The number of ether oxygens (including phenoxy) is 1. The number of piperazine rings is 1. The first-order valence-corrected chi connectivity index (χ1v) is 9.84. The van der Waals surface area contributed by atoms with Gasteiger partial charge in [-0.1, -0.05) is 17.7 Å². The predicted molar refractivity (Wildman–Crippen MR) is 105 cm³/mol. The first-order valence-electron chi connectivity index (χ1n) is 9.46. The van der Waals surface area contributed by atoms with Crippen LogP contribution in [0.3, 0.4) is 0 Å². The molecule has 5 nitrogen and oxygen atoms in total. The van der Waals surface area contributed by atoms with Crippen molar-refractivity contribution in [2.75, 3.05) is 53.4 Å². The summed E-state index contributed by atoms with van der Waals surface area (Å²) < 4.78 is 5.91. The highest BCUT2D eigenvalue weighted by Crippen LogP contribution is 2.32. The molecule has 1 spiro atoms. The molecule has 3 rings (SSSR count). The van der Waals surface area contributed by atoms with Crippen LogP contribution in [0.4, 0.5) is 0 Å². The normalized spacial score (nSPS) is 25.5. The van der Waals surface area contributed by atoms with Crippen LogP contribution in [0.1, 0.15) is 24.8 Å². The minimum absolute atomic E-state index is 0.0974. The molecule has 2 aliphatic rings. The lowest BCUT2D eigenvalue weighted by molar-refractivity contribution is -0.129. The van der Waals surface area contributed by atoms with Crippen molar-refractivity contribution < 1.29 is 9.53 Å². The molecule has 26 heavy (non-hydrogen) atoms. The molecule has 1 aromatic rings. The molecule has 1 aromatic carbocycles. The smallest absolute Gasteiger partial charge is 0.222 e. The molecule has 1 atom stereocenters. The van der Waals surface area contributed by atoms with Gasteiger partial charge in [-0.25, -0.2) is 0 Å². The molecule has 0 saturated carbocycles. The van der Waals surface area contributed by atoms with Crippen molar-refractivity contribution in [1.82, 2.24) is 14.7 Å². The molecule has 2 heterocycles. The fourth-order valence-corrected chi connectivity index (χ4v) is 4.33. The standard InChI is InChI=1S/C20H30ClN3O2/c1-16-4-5-18(17(21)14-16)26-13-12-24-11-10-23(3)20(15-24)7-6-19(25)22(2)9-8-20/h4-5,14H,6-13,15H2,1-3H3/t20-/m1/s1. The number of likely N-dealkylation sites (tertiary alicyclic amines) is 1. The van der Waals surface area contributed by atoms with Gasteiger partial charge in [0.1, 0.15) is 12.4 Å². The molecular weight excluding hydrogens is 350 g/mol. The summed E-state index contributed by atoms with van der Waals surface area (Å²) in [6, 6.07) is 5.89. The zero-order valence-electron chi connectivity index (χ0n) is 16.1. The number of amides is 1. The zero-order valence-corrected chi connectivity index (χ0v) is 16.9. The summed E-state index contributed by atoms with van der Waals surface area (Å²) in [5.74, 6) is 1.02. The Bertz CT molecular complexity index is 654. The van der Waals surface area contributed by atoms with Crippen LogP contribution in [-0.4, -0.2) is 79.6 Å². The maximum Gasteiger partial charge on any atom is 0.222 e. The number of aryl methyl sites for hydroxylation is 1. The number of nitrogens with zero attached hydrogens (tertiary/aromatic N) is 3. The lowest BCUT2D eigenvalue weighted by atomic mass is 9.86. The van der Waals surface area contributed by atoms with Crippen LogP contribution in [0.5, 0.6) is 5.75 Å². The quantitative estimate of drug-likeness (QED) is 0.805. The summed E-state index contributed by atoms with van der Waals surface area (Å²) in [7, 11) is 4.12. The van der Waals surface area contributed by atoms with Gasteiger partial charge >= 0.3 is 0 Å². The number of hydrogen-bond donors (Lipinski definition) is 0. The molecule has 2 aliphatic heterocycles. The Kier molecular flexibility index (Phi) is 6.10. The van der Waals surface area contributed by atoms with Crippen molar-refractivity contribution in [3.63, 3.8) is 0 Å². The van der Waals surface area contributed by atoms with Gasteiger partial charge < -0.3 is 9.64 Å². The van der Waals surface area contributed by atoms with E-state index in [1.165, 1.54) is 0 Å². The van der Waals surface area contributed by atoms with Gasteiger partial charge in [0.2, 0.25) is 5.91 Å². The summed E-state index contributed by atoms with van der Waals surface area (Å²) in [4.78, 5) is 18.9. The van der Waals surface area contributed by atoms with Gasteiger partial charge in [-0.2, -0.15) is 0 Å². The summed E-state index contributed by atoms with van der Waals surface area (Å²) >= 11 is 6.25. The summed E-state index contributed by atoms with van der Waals surface area (Å²) in [6.45, 7) is 7.43. The molecule has 6 heteroatoms. The number of halogens is 1. The average Bonchev–Trinajstić information content (AvgIpc) is 2.75. The lowest BCUT2D eigenvalue weighted by Gasteiger charge is -2.49. The molecule has 2 fully saturated rings. The SMILES string of the molecule is Cc1ccc(OCCN2CCN(C)[C@@]3(CCC(=O)N(C)CC3)C2)c(Cl)c1. The van der Waals surface area contributed by atoms with Crippen LogP contribution in [0.25, 0.3) is 0 Å². The van der Waals surface area contributed by atoms with Crippen LogP contribution in [0.2, 0.25) is 5.02 Å². The molecule has 0 unspecified atom stereocenters. The van der Waals surface area contributed by atoms with Gasteiger partial charge in [0.05, 0.1) is 5.02 Å². The van der Waals surface area contributed by atoms with Gasteiger partial charge in [-0.3, -0.25) is 14.6 Å². The molecular formula is C20H30ClN3O2. The van der Waals surface area contributed by atoms with Crippen LogP contribution < -0.4 is 4.74 Å². The maximum atomic E-state index is 12.1. The van der Waals surface area contributed by atoms with E-state index in [0.717, 1.165) is 56.9 Å². The number of carbonyl (C=O) groups excluding carboxylic acids is 1. The Morgan fingerprint density at radius 3 is 2.77 bits per heavy atom. The van der Waals surface area contributed by atoms with Gasteiger partial charge in [0.15, 0.2) is 0 Å².